The molecule has 0 aliphatic rings. The Kier molecular flexibility index (Phi) is 4.67. The number of hydrogen-bond donors (Lipinski definition) is 2. The molecule has 1 rings (SSSR count). The minimum absolute atomic E-state index is 0.116. The number of aryl methyl sites for hydroxylation is 1. The van der Waals surface area contributed by atoms with Crippen molar-refractivity contribution in [3.63, 3.8) is 0 Å². The molecular formula is C14H25ClN4. The zero-order valence-electron chi connectivity index (χ0n) is 12.8. The van der Waals surface area contributed by atoms with Crippen LogP contribution in [0.5, 0.6) is 0 Å². The Bertz CT molecular complexity index is 449. The van der Waals surface area contributed by atoms with E-state index in [9.17, 15) is 0 Å². The summed E-state index contributed by atoms with van der Waals surface area (Å²) in [5, 5.41) is 3.72. The summed E-state index contributed by atoms with van der Waals surface area (Å²) >= 11 is 6.04. The van der Waals surface area contributed by atoms with Crippen molar-refractivity contribution < 1.29 is 0 Å². The van der Waals surface area contributed by atoms with Crippen LogP contribution in [-0.2, 0) is 6.42 Å². The van der Waals surface area contributed by atoms with E-state index in [0.717, 1.165) is 12.8 Å². The summed E-state index contributed by atoms with van der Waals surface area (Å²) in [6.07, 6.45) is 1.72. The van der Waals surface area contributed by atoms with Crippen LogP contribution in [0, 0.1) is 5.41 Å². The van der Waals surface area contributed by atoms with Gasteiger partial charge in [0.1, 0.15) is 11.5 Å². The standard InChI is InChI=1S/C14H25ClN4/c1-7-9-17-11(15)10(16)12(18-9)19-14(5,6)8-13(2,3)4/h7-8,16H2,1-6H3,(H,17,18,19). The Morgan fingerprint density at radius 3 is 2.21 bits per heavy atom. The van der Waals surface area contributed by atoms with E-state index in [2.05, 4.69) is 49.9 Å². The SMILES string of the molecule is CCc1nc(Cl)c(N)c(NC(C)(C)CC(C)(C)C)n1. The lowest BCUT2D eigenvalue weighted by atomic mass is 9.82. The fourth-order valence-electron chi connectivity index (χ4n) is 2.43. The maximum atomic E-state index is 6.04. The van der Waals surface area contributed by atoms with Crippen LogP contribution in [0.2, 0.25) is 5.15 Å². The number of nitrogen functional groups attached to an aromatic ring is 1. The van der Waals surface area contributed by atoms with Gasteiger partial charge in [-0.15, -0.1) is 0 Å². The van der Waals surface area contributed by atoms with Gasteiger partial charge in [-0.25, -0.2) is 9.97 Å². The second kappa shape index (κ2) is 5.53. The molecule has 0 saturated heterocycles. The van der Waals surface area contributed by atoms with Gasteiger partial charge in [0, 0.05) is 12.0 Å². The first-order chi connectivity index (χ1) is 8.54. The molecule has 0 fully saturated rings. The Balaban J connectivity index is 3.01. The van der Waals surface area contributed by atoms with Crippen LogP contribution in [0.1, 0.15) is 53.8 Å². The number of nitrogens with two attached hydrogens (primary N) is 1. The molecule has 19 heavy (non-hydrogen) atoms. The van der Waals surface area contributed by atoms with Gasteiger partial charge in [-0.2, -0.15) is 0 Å². The predicted octanol–water partition coefficient (Wildman–Crippen LogP) is 3.90. The van der Waals surface area contributed by atoms with E-state index in [4.69, 9.17) is 17.3 Å². The van der Waals surface area contributed by atoms with E-state index in [1.807, 2.05) is 6.92 Å². The molecule has 0 radical (unpaired) electrons. The normalized spacial score (nSPS) is 12.6. The van der Waals surface area contributed by atoms with Crippen molar-refractivity contribution in [2.75, 3.05) is 11.1 Å². The molecule has 0 aromatic carbocycles. The molecule has 0 aliphatic heterocycles. The third-order valence-corrected chi connectivity index (χ3v) is 2.98. The monoisotopic (exact) mass is 284 g/mol. The van der Waals surface area contributed by atoms with Gasteiger partial charge >= 0.3 is 0 Å². The van der Waals surface area contributed by atoms with Crippen molar-refractivity contribution in [1.29, 1.82) is 0 Å². The fourth-order valence-corrected chi connectivity index (χ4v) is 2.62. The predicted molar refractivity (Wildman–Crippen MR) is 82.6 cm³/mol. The number of halogens is 1. The summed E-state index contributed by atoms with van der Waals surface area (Å²) in [4.78, 5) is 8.58. The highest BCUT2D eigenvalue weighted by atomic mass is 35.5. The van der Waals surface area contributed by atoms with Crippen LogP contribution in [0.15, 0.2) is 0 Å². The van der Waals surface area contributed by atoms with E-state index in [-0.39, 0.29) is 11.0 Å². The van der Waals surface area contributed by atoms with Crippen molar-refractivity contribution in [2.45, 2.75) is 59.9 Å². The maximum Gasteiger partial charge on any atom is 0.157 e. The van der Waals surface area contributed by atoms with E-state index < -0.39 is 0 Å². The van der Waals surface area contributed by atoms with Crippen LogP contribution in [0.4, 0.5) is 11.5 Å². The molecule has 4 nitrogen and oxygen atoms in total. The topological polar surface area (TPSA) is 63.8 Å². The van der Waals surface area contributed by atoms with Crippen LogP contribution in [0.3, 0.4) is 0 Å². The minimum Gasteiger partial charge on any atom is -0.393 e. The highest BCUT2D eigenvalue weighted by Gasteiger charge is 2.26. The summed E-state index contributed by atoms with van der Waals surface area (Å²) < 4.78 is 0. The maximum absolute atomic E-state index is 6.04. The van der Waals surface area contributed by atoms with E-state index in [1.54, 1.807) is 0 Å². The molecule has 0 unspecified atom stereocenters. The third kappa shape index (κ3) is 4.86. The first-order valence-electron chi connectivity index (χ1n) is 6.64. The zero-order chi connectivity index (χ0) is 14.8. The summed E-state index contributed by atoms with van der Waals surface area (Å²) in [6.45, 7) is 12.9. The zero-order valence-corrected chi connectivity index (χ0v) is 13.5. The van der Waals surface area contributed by atoms with Gasteiger partial charge in [0.2, 0.25) is 0 Å². The van der Waals surface area contributed by atoms with E-state index in [1.165, 1.54) is 0 Å². The van der Waals surface area contributed by atoms with Crippen molar-refractivity contribution in [3.8, 4) is 0 Å². The molecule has 1 heterocycles. The second-order valence-corrected chi connectivity index (χ2v) is 7.15. The number of rotatable bonds is 4. The lowest BCUT2D eigenvalue weighted by Gasteiger charge is -2.34. The molecule has 0 spiro atoms. The summed E-state index contributed by atoms with van der Waals surface area (Å²) in [5.41, 5.74) is 6.48. The lowest BCUT2D eigenvalue weighted by Crippen LogP contribution is -2.36. The van der Waals surface area contributed by atoms with Crippen LogP contribution in [-0.4, -0.2) is 15.5 Å². The van der Waals surface area contributed by atoms with Gasteiger partial charge in [-0.3, -0.25) is 0 Å². The minimum atomic E-state index is -0.116. The van der Waals surface area contributed by atoms with Gasteiger partial charge < -0.3 is 11.1 Å². The fraction of sp³-hybridized carbons (Fsp3) is 0.714. The molecule has 3 N–H and O–H groups in total. The Morgan fingerprint density at radius 1 is 1.16 bits per heavy atom. The first-order valence-corrected chi connectivity index (χ1v) is 7.02. The highest BCUT2D eigenvalue weighted by Crippen LogP contribution is 2.32. The molecule has 1 aromatic rings. The molecule has 0 amide bonds. The van der Waals surface area contributed by atoms with Crippen LogP contribution < -0.4 is 11.1 Å². The molecule has 0 aliphatic carbocycles. The Morgan fingerprint density at radius 2 is 1.74 bits per heavy atom. The van der Waals surface area contributed by atoms with Gasteiger partial charge in [-0.1, -0.05) is 39.3 Å². The molecule has 108 valence electrons. The average Bonchev–Trinajstić information content (AvgIpc) is 2.20. The van der Waals surface area contributed by atoms with Gasteiger partial charge in [0.15, 0.2) is 11.0 Å². The van der Waals surface area contributed by atoms with E-state index >= 15 is 0 Å². The number of hydrogen-bond acceptors (Lipinski definition) is 4. The van der Waals surface area contributed by atoms with Gasteiger partial charge in [-0.05, 0) is 25.7 Å². The quantitative estimate of drug-likeness (QED) is 0.823. The lowest BCUT2D eigenvalue weighted by molar-refractivity contribution is 0.302. The number of anilines is 2. The van der Waals surface area contributed by atoms with Crippen LogP contribution >= 0.6 is 11.6 Å². The molecular weight excluding hydrogens is 260 g/mol. The van der Waals surface area contributed by atoms with Crippen LogP contribution in [0.25, 0.3) is 0 Å². The van der Waals surface area contributed by atoms with Gasteiger partial charge in [0.25, 0.3) is 0 Å². The van der Waals surface area contributed by atoms with Crippen molar-refractivity contribution in [1.82, 2.24) is 9.97 Å². The van der Waals surface area contributed by atoms with Crippen molar-refractivity contribution in [2.24, 2.45) is 5.41 Å². The van der Waals surface area contributed by atoms with E-state index in [0.29, 0.717) is 22.5 Å². The number of nitrogens with zero attached hydrogens (tertiary/aromatic N) is 2. The molecule has 0 saturated carbocycles. The largest absolute Gasteiger partial charge is 0.393 e. The second-order valence-electron chi connectivity index (χ2n) is 6.79. The number of aromatic nitrogens is 2. The average molecular weight is 285 g/mol. The molecule has 0 atom stereocenters. The molecule has 5 heteroatoms. The van der Waals surface area contributed by atoms with Crippen molar-refractivity contribution >= 4 is 23.1 Å². The smallest absolute Gasteiger partial charge is 0.157 e. The van der Waals surface area contributed by atoms with Crippen molar-refractivity contribution in [3.05, 3.63) is 11.0 Å². The summed E-state index contributed by atoms with van der Waals surface area (Å²) in [5.74, 6) is 1.33. The Hall–Kier alpha value is -1.03. The Labute approximate surface area is 121 Å². The van der Waals surface area contributed by atoms with Gasteiger partial charge in [0.05, 0.1) is 0 Å². The highest BCUT2D eigenvalue weighted by molar-refractivity contribution is 6.32. The first kappa shape index (κ1) is 16.0. The molecule has 0 bridgehead atoms. The third-order valence-electron chi connectivity index (χ3n) is 2.69. The summed E-state index contributed by atoms with van der Waals surface area (Å²) in [7, 11) is 0. The molecule has 1 aromatic heterocycles. The number of nitrogens with one attached hydrogen (secondary N) is 1. The summed E-state index contributed by atoms with van der Waals surface area (Å²) in [6, 6.07) is 0.